The minimum absolute atomic E-state index is 0.0101. The number of carbonyl (C=O) groups excluding carboxylic acids is 1. The molecule has 6 heteroatoms. The number of alkyl halides is 3. The molecule has 0 aromatic carbocycles. The van der Waals surface area contributed by atoms with Crippen molar-refractivity contribution in [3.8, 4) is 0 Å². The number of ether oxygens (including phenoxy) is 1. The van der Waals surface area contributed by atoms with Crippen molar-refractivity contribution < 1.29 is 22.7 Å². The Bertz CT molecular complexity index is 194. The van der Waals surface area contributed by atoms with Crippen LogP contribution in [0.1, 0.15) is 32.6 Å². The first-order valence-corrected chi connectivity index (χ1v) is 4.85. The Hall–Kier alpha value is -0.780. The van der Waals surface area contributed by atoms with Gasteiger partial charge in [-0.3, -0.25) is 4.79 Å². The lowest BCUT2D eigenvalue weighted by Gasteiger charge is -2.14. The van der Waals surface area contributed by atoms with Gasteiger partial charge in [-0.2, -0.15) is 13.2 Å². The van der Waals surface area contributed by atoms with Crippen molar-refractivity contribution in [1.29, 1.82) is 0 Å². The van der Waals surface area contributed by atoms with Gasteiger partial charge < -0.3 is 10.5 Å². The maximum Gasteiger partial charge on any atom is 0.403 e. The van der Waals surface area contributed by atoms with E-state index < -0.39 is 18.2 Å². The summed E-state index contributed by atoms with van der Waals surface area (Å²) in [4.78, 5) is 10.9. The molecule has 0 heterocycles. The third kappa shape index (κ3) is 7.18. The summed E-state index contributed by atoms with van der Waals surface area (Å²) >= 11 is 0. The largest absolute Gasteiger partial charge is 0.466 e. The van der Waals surface area contributed by atoms with Crippen molar-refractivity contribution in [1.82, 2.24) is 0 Å². The van der Waals surface area contributed by atoms with Crippen LogP contribution in [0.5, 0.6) is 0 Å². The van der Waals surface area contributed by atoms with E-state index in [1.165, 1.54) is 0 Å². The molecule has 0 spiro atoms. The zero-order chi connectivity index (χ0) is 11.9. The Morgan fingerprint density at radius 1 is 1.47 bits per heavy atom. The van der Waals surface area contributed by atoms with Crippen LogP contribution in [0.25, 0.3) is 0 Å². The highest BCUT2D eigenvalue weighted by Crippen LogP contribution is 2.21. The molecule has 0 aromatic rings. The number of hydrogen-bond acceptors (Lipinski definition) is 3. The van der Waals surface area contributed by atoms with Crippen LogP contribution in [0.3, 0.4) is 0 Å². The molecule has 0 saturated carbocycles. The smallest absolute Gasteiger partial charge is 0.403 e. The SMILES string of the molecule is CCCOC(=O)CCC[C@H](N)C(F)(F)F. The van der Waals surface area contributed by atoms with E-state index >= 15 is 0 Å². The van der Waals surface area contributed by atoms with Crippen molar-refractivity contribution in [3.63, 3.8) is 0 Å². The topological polar surface area (TPSA) is 52.3 Å². The molecule has 3 nitrogen and oxygen atoms in total. The Balaban J connectivity index is 3.57. The van der Waals surface area contributed by atoms with Gasteiger partial charge in [-0.25, -0.2) is 0 Å². The van der Waals surface area contributed by atoms with Gasteiger partial charge in [0.05, 0.1) is 6.61 Å². The van der Waals surface area contributed by atoms with Gasteiger partial charge >= 0.3 is 12.1 Å². The van der Waals surface area contributed by atoms with E-state index in [4.69, 9.17) is 10.5 Å². The Kier molecular flexibility index (Phi) is 6.31. The third-order valence-electron chi connectivity index (χ3n) is 1.78. The van der Waals surface area contributed by atoms with Crippen LogP contribution in [-0.2, 0) is 9.53 Å². The van der Waals surface area contributed by atoms with Gasteiger partial charge in [0.1, 0.15) is 6.04 Å². The summed E-state index contributed by atoms with van der Waals surface area (Å²) in [5.41, 5.74) is 4.86. The quantitative estimate of drug-likeness (QED) is 0.706. The number of halogens is 3. The highest BCUT2D eigenvalue weighted by molar-refractivity contribution is 5.69. The Morgan fingerprint density at radius 2 is 2.07 bits per heavy atom. The van der Waals surface area contributed by atoms with E-state index in [1.54, 1.807) is 0 Å². The molecule has 0 saturated heterocycles. The number of nitrogens with two attached hydrogens (primary N) is 1. The predicted octanol–water partition coefficient (Wildman–Crippen LogP) is 2.00. The molecule has 0 fully saturated rings. The second kappa shape index (κ2) is 6.66. The van der Waals surface area contributed by atoms with Crippen LogP contribution in [0.15, 0.2) is 0 Å². The normalized spacial score (nSPS) is 13.7. The Morgan fingerprint density at radius 3 is 2.53 bits per heavy atom. The minimum Gasteiger partial charge on any atom is -0.466 e. The summed E-state index contributed by atoms with van der Waals surface area (Å²) in [6, 6.07) is -1.85. The number of esters is 1. The highest BCUT2D eigenvalue weighted by Gasteiger charge is 2.35. The molecule has 90 valence electrons. The molecule has 0 aromatic heterocycles. The lowest BCUT2D eigenvalue weighted by atomic mass is 10.1. The first-order chi connectivity index (χ1) is 6.88. The highest BCUT2D eigenvalue weighted by atomic mass is 19.4. The van der Waals surface area contributed by atoms with Gasteiger partial charge in [-0.15, -0.1) is 0 Å². The van der Waals surface area contributed by atoms with Gasteiger partial charge in [-0.1, -0.05) is 6.92 Å². The first kappa shape index (κ1) is 14.2. The van der Waals surface area contributed by atoms with Crippen molar-refractivity contribution in [3.05, 3.63) is 0 Å². The molecule has 0 radical (unpaired) electrons. The fourth-order valence-electron chi connectivity index (χ4n) is 0.918. The number of hydrogen-bond donors (Lipinski definition) is 1. The summed E-state index contributed by atoms with van der Waals surface area (Å²) in [7, 11) is 0. The van der Waals surface area contributed by atoms with Crippen LogP contribution in [0.2, 0.25) is 0 Å². The van der Waals surface area contributed by atoms with Gasteiger partial charge in [0.15, 0.2) is 0 Å². The van der Waals surface area contributed by atoms with Gasteiger partial charge in [-0.05, 0) is 19.3 Å². The monoisotopic (exact) mass is 227 g/mol. The molecule has 15 heavy (non-hydrogen) atoms. The molecule has 0 unspecified atom stereocenters. The minimum atomic E-state index is -4.38. The third-order valence-corrected chi connectivity index (χ3v) is 1.78. The average Bonchev–Trinajstić information content (AvgIpc) is 2.13. The van der Waals surface area contributed by atoms with E-state index in [9.17, 15) is 18.0 Å². The molecule has 0 aliphatic carbocycles. The van der Waals surface area contributed by atoms with E-state index in [0.717, 1.165) is 0 Å². The van der Waals surface area contributed by atoms with Crippen molar-refractivity contribution >= 4 is 5.97 Å². The molecule has 0 bridgehead atoms. The van der Waals surface area contributed by atoms with E-state index in [2.05, 4.69) is 0 Å². The molecule has 2 N–H and O–H groups in total. The van der Waals surface area contributed by atoms with E-state index in [1.807, 2.05) is 6.92 Å². The molecule has 0 aliphatic heterocycles. The van der Waals surface area contributed by atoms with Crippen LogP contribution >= 0.6 is 0 Å². The lowest BCUT2D eigenvalue weighted by Crippen LogP contribution is -2.37. The molecule has 0 rings (SSSR count). The number of carbonyl (C=O) groups is 1. The van der Waals surface area contributed by atoms with Crippen molar-refractivity contribution in [2.45, 2.75) is 44.8 Å². The summed E-state index contributed by atoms with van der Waals surface area (Å²) < 4.78 is 40.5. The summed E-state index contributed by atoms with van der Waals surface area (Å²) in [5, 5.41) is 0. The average molecular weight is 227 g/mol. The molecule has 0 aliphatic rings. The summed E-state index contributed by atoms with van der Waals surface area (Å²) in [6.07, 6.45) is -3.83. The maximum absolute atomic E-state index is 11.9. The number of rotatable bonds is 6. The molecule has 1 atom stereocenters. The molecular weight excluding hydrogens is 211 g/mol. The summed E-state index contributed by atoms with van der Waals surface area (Å²) in [5.74, 6) is -0.466. The predicted molar refractivity (Wildman–Crippen MR) is 49.1 cm³/mol. The van der Waals surface area contributed by atoms with Gasteiger partial charge in [0.25, 0.3) is 0 Å². The van der Waals surface area contributed by atoms with Crippen LogP contribution in [0, 0.1) is 0 Å². The maximum atomic E-state index is 11.9. The Labute approximate surface area is 86.8 Å². The zero-order valence-corrected chi connectivity index (χ0v) is 8.64. The van der Waals surface area contributed by atoms with Gasteiger partial charge in [0, 0.05) is 6.42 Å². The van der Waals surface area contributed by atoms with Crippen LogP contribution < -0.4 is 5.73 Å². The first-order valence-electron chi connectivity index (χ1n) is 4.85. The van der Waals surface area contributed by atoms with Crippen molar-refractivity contribution in [2.75, 3.05) is 6.61 Å². The van der Waals surface area contributed by atoms with Crippen LogP contribution in [-0.4, -0.2) is 24.8 Å². The standard InChI is InChI=1S/C9H16F3NO2/c1-2-6-15-8(14)5-3-4-7(13)9(10,11)12/h7H,2-6,13H2,1H3/t7-/m0/s1. The second-order valence-electron chi connectivity index (χ2n) is 3.26. The van der Waals surface area contributed by atoms with Crippen LogP contribution in [0.4, 0.5) is 13.2 Å². The zero-order valence-electron chi connectivity index (χ0n) is 8.64. The van der Waals surface area contributed by atoms with E-state index in [0.29, 0.717) is 13.0 Å². The second-order valence-corrected chi connectivity index (χ2v) is 3.26. The fourth-order valence-corrected chi connectivity index (χ4v) is 0.918. The molecular formula is C9H16F3NO2. The van der Waals surface area contributed by atoms with E-state index in [-0.39, 0.29) is 19.3 Å². The lowest BCUT2D eigenvalue weighted by molar-refractivity contribution is -0.151. The van der Waals surface area contributed by atoms with Crippen molar-refractivity contribution in [2.24, 2.45) is 5.73 Å². The molecule has 0 amide bonds. The van der Waals surface area contributed by atoms with Gasteiger partial charge in [0.2, 0.25) is 0 Å². The fraction of sp³-hybridized carbons (Fsp3) is 0.889. The summed E-state index contributed by atoms with van der Waals surface area (Å²) in [6.45, 7) is 2.15.